The number of sulfonamides is 1. The summed E-state index contributed by atoms with van der Waals surface area (Å²) in [6, 6.07) is 12.5. The van der Waals surface area contributed by atoms with E-state index in [-0.39, 0.29) is 16.1 Å². The molecule has 0 saturated heterocycles. The van der Waals surface area contributed by atoms with Gasteiger partial charge in [-0.25, -0.2) is 8.42 Å². The van der Waals surface area contributed by atoms with E-state index in [2.05, 4.69) is 5.32 Å². The molecule has 1 N–H and O–H groups in total. The second kappa shape index (κ2) is 8.66. The van der Waals surface area contributed by atoms with Crippen molar-refractivity contribution in [2.75, 3.05) is 25.5 Å². The maximum absolute atomic E-state index is 12.7. The molecular formula is C19H21N3O4S. The highest BCUT2D eigenvalue weighted by Gasteiger charge is 2.23. The summed E-state index contributed by atoms with van der Waals surface area (Å²) in [6.07, 6.45) is 0. The number of amides is 1. The topological polar surface area (TPSA) is 99.5 Å². The molecule has 0 bridgehead atoms. The van der Waals surface area contributed by atoms with Crippen LogP contribution in [0.2, 0.25) is 0 Å². The van der Waals surface area contributed by atoms with Crippen LogP contribution in [0.5, 0.6) is 5.75 Å². The predicted octanol–water partition coefficient (Wildman–Crippen LogP) is 2.85. The Kier molecular flexibility index (Phi) is 6.55. The smallest absolute Gasteiger partial charge is 0.255 e. The predicted molar refractivity (Wildman–Crippen MR) is 102 cm³/mol. The number of carbonyl (C=O) groups excluding carboxylic acids is 1. The summed E-state index contributed by atoms with van der Waals surface area (Å²) in [7, 11) is -2.25. The lowest BCUT2D eigenvalue weighted by Gasteiger charge is -2.19. The second-order valence-electron chi connectivity index (χ2n) is 5.60. The molecule has 0 fully saturated rings. The number of ether oxygens (including phenoxy) is 1. The van der Waals surface area contributed by atoms with Gasteiger partial charge in [0.25, 0.3) is 5.91 Å². The molecule has 0 aromatic heterocycles. The Hall–Kier alpha value is -2.89. The summed E-state index contributed by atoms with van der Waals surface area (Å²) in [4.78, 5) is 12.6. The van der Waals surface area contributed by atoms with Crippen molar-refractivity contribution in [2.24, 2.45) is 0 Å². The summed E-state index contributed by atoms with van der Waals surface area (Å²) in [5.74, 6) is -0.138. The first-order valence-corrected chi connectivity index (χ1v) is 9.81. The van der Waals surface area contributed by atoms with E-state index in [0.29, 0.717) is 24.4 Å². The zero-order valence-electron chi connectivity index (χ0n) is 15.4. The van der Waals surface area contributed by atoms with Crippen molar-refractivity contribution in [3.63, 3.8) is 0 Å². The molecule has 27 heavy (non-hydrogen) atoms. The van der Waals surface area contributed by atoms with Crippen molar-refractivity contribution in [3.8, 4) is 11.8 Å². The van der Waals surface area contributed by atoms with Gasteiger partial charge in [-0.2, -0.15) is 9.57 Å². The van der Waals surface area contributed by atoms with Crippen molar-refractivity contribution in [1.29, 1.82) is 5.26 Å². The third-order valence-corrected chi connectivity index (χ3v) is 6.06. The third-order valence-electron chi connectivity index (χ3n) is 4.02. The molecule has 2 rings (SSSR count). The normalized spacial score (nSPS) is 11.1. The minimum absolute atomic E-state index is 0.0630. The van der Waals surface area contributed by atoms with Crippen molar-refractivity contribution < 1.29 is 17.9 Å². The maximum atomic E-state index is 12.7. The molecule has 2 aromatic rings. The number of hydrogen-bond donors (Lipinski definition) is 1. The van der Waals surface area contributed by atoms with E-state index in [1.807, 2.05) is 6.07 Å². The van der Waals surface area contributed by atoms with Crippen molar-refractivity contribution >= 4 is 21.6 Å². The van der Waals surface area contributed by atoms with Gasteiger partial charge in [0.2, 0.25) is 10.0 Å². The molecule has 0 unspecified atom stereocenters. The molecule has 0 atom stereocenters. The van der Waals surface area contributed by atoms with E-state index in [0.717, 1.165) is 0 Å². The monoisotopic (exact) mass is 387 g/mol. The molecule has 7 nitrogen and oxygen atoms in total. The average Bonchev–Trinajstić information content (AvgIpc) is 2.68. The zero-order valence-corrected chi connectivity index (χ0v) is 16.2. The first kappa shape index (κ1) is 20.4. The highest BCUT2D eigenvalue weighted by molar-refractivity contribution is 7.89. The SMILES string of the molecule is CCN(CC)S(=O)(=O)c1ccc(OC)c(NC(=O)c2cccc(C#N)c2)c1. The molecule has 0 aliphatic carbocycles. The minimum atomic E-state index is -3.68. The Labute approximate surface area is 159 Å². The van der Waals surface area contributed by atoms with Gasteiger partial charge in [0.05, 0.1) is 29.3 Å². The summed E-state index contributed by atoms with van der Waals surface area (Å²) in [5.41, 5.74) is 0.874. The summed E-state index contributed by atoms with van der Waals surface area (Å²) in [6.45, 7) is 4.20. The second-order valence-corrected chi connectivity index (χ2v) is 7.54. The largest absolute Gasteiger partial charge is 0.495 e. The number of nitrogens with one attached hydrogen (secondary N) is 1. The fourth-order valence-corrected chi connectivity index (χ4v) is 4.07. The van der Waals surface area contributed by atoms with Gasteiger partial charge in [-0.3, -0.25) is 4.79 Å². The van der Waals surface area contributed by atoms with Crippen molar-refractivity contribution in [2.45, 2.75) is 18.7 Å². The van der Waals surface area contributed by atoms with E-state index in [1.165, 1.54) is 35.7 Å². The van der Waals surface area contributed by atoms with E-state index in [4.69, 9.17) is 10.00 Å². The number of nitrogens with zero attached hydrogens (tertiary/aromatic N) is 2. The van der Waals surface area contributed by atoms with Crippen LogP contribution in [0.1, 0.15) is 29.8 Å². The van der Waals surface area contributed by atoms with E-state index < -0.39 is 15.9 Å². The van der Waals surface area contributed by atoms with Crippen LogP contribution >= 0.6 is 0 Å². The van der Waals surface area contributed by atoms with Crippen LogP contribution in [0, 0.1) is 11.3 Å². The number of methoxy groups -OCH3 is 1. The molecular weight excluding hydrogens is 366 g/mol. The highest BCUT2D eigenvalue weighted by atomic mass is 32.2. The Morgan fingerprint density at radius 2 is 1.89 bits per heavy atom. The lowest BCUT2D eigenvalue weighted by molar-refractivity contribution is 0.102. The maximum Gasteiger partial charge on any atom is 0.255 e. The van der Waals surface area contributed by atoms with E-state index in [1.54, 1.807) is 32.0 Å². The van der Waals surface area contributed by atoms with Gasteiger partial charge in [-0.1, -0.05) is 19.9 Å². The average molecular weight is 387 g/mol. The van der Waals surface area contributed by atoms with Crippen LogP contribution in [0.3, 0.4) is 0 Å². The van der Waals surface area contributed by atoms with Crippen LogP contribution in [-0.4, -0.2) is 38.8 Å². The standard InChI is InChI=1S/C19H21N3O4S/c1-4-22(5-2)27(24,25)16-9-10-18(26-3)17(12-16)21-19(23)15-8-6-7-14(11-15)13-20/h6-12H,4-5H2,1-3H3,(H,21,23). The fraction of sp³-hybridized carbons (Fsp3) is 0.263. The van der Waals surface area contributed by atoms with Gasteiger partial charge in [-0.15, -0.1) is 0 Å². The lowest BCUT2D eigenvalue weighted by Crippen LogP contribution is -2.30. The molecule has 1 amide bonds. The first-order valence-electron chi connectivity index (χ1n) is 8.37. The minimum Gasteiger partial charge on any atom is -0.495 e. The molecule has 0 spiro atoms. The number of hydrogen-bond acceptors (Lipinski definition) is 5. The van der Waals surface area contributed by atoms with Gasteiger partial charge >= 0.3 is 0 Å². The summed E-state index contributed by atoms with van der Waals surface area (Å²) in [5, 5.41) is 11.6. The Morgan fingerprint density at radius 1 is 1.19 bits per heavy atom. The van der Waals surface area contributed by atoms with E-state index in [9.17, 15) is 13.2 Å². The quantitative estimate of drug-likeness (QED) is 0.787. The zero-order chi connectivity index (χ0) is 20.0. The van der Waals surface area contributed by atoms with Gasteiger partial charge in [0.15, 0.2) is 0 Å². The highest BCUT2D eigenvalue weighted by Crippen LogP contribution is 2.29. The number of benzene rings is 2. The van der Waals surface area contributed by atoms with Crippen LogP contribution in [0.15, 0.2) is 47.4 Å². The first-order chi connectivity index (χ1) is 12.9. The van der Waals surface area contributed by atoms with Crippen molar-refractivity contribution in [1.82, 2.24) is 4.31 Å². The van der Waals surface area contributed by atoms with E-state index >= 15 is 0 Å². The van der Waals surface area contributed by atoms with Crippen LogP contribution < -0.4 is 10.1 Å². The van der Waals surface area contributed by atoms with Gasteiger partial charge in [-0.05, 0) is 36.4 Å². The number of carbonyl (C=O) groups is 1. The molecule has 8 heteroatoms. The summed E-state index contributed by atoms with van der Waals surface area (Å²) < 4.78 is 32.0. The molecule has 0 aliphatic heterocycles. The lowest BCUT2D eigenvalue weighted by atomic mass is 10.1. The third kappa shape index (κ3) is 4.45. The molecule has 0 saturated carbocycles. The molecule has 0 heterocycles. The summed E-state index contributed by atoms with van der Waals surface area (Å²) >= 11 is 0. The molecule has 0 radical (unpaired) electrons. The Bertz CT molecular complexity index is 977. The Morgan fingerprint density at radius 3 is 2.48 bits per heavy atom. The van der Waals surface area contributed by atoms with Gasteiger partial charge < -0.3 is 10.1 Å². The van der Waals surface area contributed by atoms with Crippen molar-refractivity contribution in [3.05, 3.63) is 53.6 Å². The molecule has 0 aliphatic rings. The number of nitriles is 1. The Balaban J connectivity index is 2.41. The molecule has 2 aromatic carbocycles. The van der Waals surface area contributed by atoms with Crippen LogP contribution in [0.4, 0.5) is 5.69 Å². The molecule has 142 valence electrons. The van der Waals surface area contributed by atoms with Crippen LogP contribution in [0.25, 0.3) is 0 Å². The fourth-order valence-electron chi connectivity index (χ4n) is 2.58. The number of anilines is 1. The number of rotatable bonds is 7. The van der Waals surface area contributed by atoms with Gasteiger partial charge in [0.1, 0.15) is 5.75 Å². The van der Waals surface area contributed by atoms with Gasteiger partial charge in [0, 0.05) is 18.7 Å². The van der Waals surface area contributed by atoms with Crippen LogP contribution in [-0.2, 0) is 10.0 Å².